The molecule has 0 aliphatic heterocycles. The van der Waals surface area contributed by atoms with Crippen molar-refractivity contribution >= 4 is 12.4 Å². The monoisotopic (exact) mass is 213 g/mol. The van der Waals surface area contributed by atoms with E-state index in [0.29, 0.717) is 12.1 Å². The summed E-state index contributed by atoms with van der Waals surface area (Å²) in [5.74, 6) is 2.26. The maximum absolute atomic E-state index is 13.2. The molecule has 3 heteroatoms. The molecule has 1 aromatic carbocycles. The molecule has 1 nitrogen and oxygen atoms in total. The molecule has 0 saturated heterocycles. The lowest BCUT2D eigenvalue weighted by Crippen LogP contribution is -2.19. The van der Waals surface area contributed by atoms with Gasteiger partial charge in [0.05, 0.1) is 6.54 Å². The van der Waals surface area contributed by atoms with Gasteiger partial charge in [-0.25, -0.2) is 4.39 Å². The van der Waals surface area contributed by atoms with Crippen LogP contribution < -0.4 is 5.32 Å². The van der Waals surface area contributed by atoms with Crippen molar-refractivity contribution in [2.75, 3.05) is 6.54 Å². The fourth-order valence-electron chi connectivity index (χ4n) is 1.15. The van der Waals surface area contributed by atoms with Gasteiger partial charge in [0, 0.05) is 11.6 Å². The van der Waals surface area contributed by atoms with Gasteiger partial charge in [-0.1, -0.05) is 24.1 Å². The summed E-state index contributed by atoms with van der Waals surface area (Å²) in [4.78, 5) is 0. The molecule has 76 valence electrons. The molecular weight excluding hydrogens is 201 g/mol. The molecule has 0 aliphatic carbocycles. The molecule has 1 N–H and O–H groups in total. The Morgan fingerprint density at radius 3 is 2.71 bits per heavy atom. The molecule has 0 aliphatic rings. The number of rotatable bonds is 3. The molecule has 1 unspecified atom stereocenters. The number of hydrogen-bond donors (Lipinski definition) is 1. The second-order valence-corrected chi connectivity index (χ2v) is 2.83. The lowest BCUT2D eigenvalue weighted by molar-refractivity contribution is 0.551. The Kier molecular flexibility index (Phi) is 5.94. The van der Waals surface area contributed by atoms with Crippen molar-refractivity contribution in [1.82, 2.24) is 5.32 Å². The highest BCUT2D eigenvalue weighted by atomic mass is 35.5. The number of benzene rings is 1. The molecule has 0 fully saturated rings. The van der Waals surface area contributed by atoms with Crippen LogP contribution in [0.15, 0.2) is 24.3 Å². The quantitative estimate of drug-likeness (QED) is 0.761. The molecule has 0 saturated carbocycles. The minimum Gasteiger partial charge on any atom is -0.299 e. The van der Waals surface area contributed by atoms with Gasteiger partial charge in [-0.3, -0.25) is 5.32 Å². The van der Waals surface area contributed by atoms with Crippen LogP contribution in [0.5, 0.6) is 0 Å². The van der Waals surface area contributed by atoms with Gasteiger partial charge in [-0.15, -0.1) is 18.8 Å². The number of halogens is 2. The Morgan fingerprint density at radius 1 is 1.50 bits per heavy atom. The highest BCUT2D eigenvalue weighted by molar-refractivity contribution is 5.85. The van der Waals surface area contributed by atoms with E-state index in [9.17, 15) is 4.39 Å². The third-order valence-electron chi connectivity index (χ3n) is 1.88. The zero-order valence-electron chi connectivity index (χ0n) is 7.96. The van der Waals surface area contributed by atoms with Crippen LogP contribution >= 0.6 is 12.4 Å². The van der Waals surface area contributed by atoms with Crippen molar-refractivity contribution in [3.05, 3.63) is 35.6 Å². The van der Waals surface area contributed by atoms with Gasteiger partial charge in [0.1, 0.15) is 5.82 Å². The van der Waals surface area contributed by atoms with Crippen LogP contribution in [0.2, 0.25) is 0 Å². The predicted molar refractivity (Wildman–Crippen MR) is 58.9 cm³/mol. The lowest BCUT2D eigenvalue weighted by atomic mass is 10.1. The summed E-state index contributed by atoms with van der Waals surface area (Å²) < 4.78 is 13.2. The molecule has 1 aromatic rings. The van der Waals surface area contributed by atoms with Gasteiger partial charge in [-0.2, -0.15) is 0 Å². The minimum atomic E-state index is -0.195. The summed E-state index contributed by atoms with van der Waals surface area (Å²) in [7, 11) is 0. The first-order valence-corrected chi connectivity index (χ1v) is 4.17. The fraction of sp³-hybridized carbons (Fsp3) is 0.273. The van der Waals surface area contributed by atoms with Crippen molar-refractivity contribution in [1.29, 1.82) is 0 Å². The Bertz CT molecular complexity index is 319. The molecule has 0 aromatic heterocycles. The van der Waals surface area contributed by atoms with Gasteiger partial charge in [0.2, 0.25) is 0 Å². The van der Waals surface area contributed by atoms with Crippen LogP contribution in [0.1, 0.15) is 18.5 Å². The highest BCUT2D eigenvalue weighted by Gasteiger charge is 2.07. The Balaban J connectivity index is 0.00000169. The van der Waals surface area contributed by atoms with E-state index in [-0.39, 0.29) is 24.3 Å². The third-order valence-corrected chi connectivity index (χ3v) is 1.88. The number of nitrogens with one attached hydrogen (secondary N) is 1. The number of hydrogen-bond acceptors (Lipinski definition) is 1. The van der Waals surface area contributed by atoms with E-state index in [1.807, 2.05) is 13.0 Å². The SMILES string of the molecule is C#CCNC(C)c1ccccc1F.Cl. The molecule has 0 bridgehead atoms. The summed E-state index contributed by atoms with van der Waals surface area (Å²) >= 11 is 0. The molecular formula is C11H13ClFN. The second-order valence-electron chi connectivity index (χ2n) is 2.83. The van der Waals surface area contributed by atoms with Gasteiger partial charge in [0.15, 0.2) is 0 Å². The predicted octanol–water partition coefficient (Wildman–Crippen LogP) is 2.53. The standard InChI is InChI=1S/C11H12FN.ClH/c1-3-8-13-9(2)10-6-4-5-7-11(10)12;/h1,4-7,9,13H,8H2,2H3;1H. The topological polar surface area (TPSA) is 12.0 Å². The normalized spacial score (nSPS) is 11.2. The van der Waals surface area contributed by atoms with E-state index in [1.54, 1.807) is 12.1 Å². The minimum absolute atomic E-state index is 0. The second kappa shape index (κ2) is 6.42. The largest absolute Gasteiger partial charge is 0.299 e. The van der Waals surface area contributed by atoms with Crippen molar-refractivity contribution in [2.24, 2.45) is 0 Å². The first-order chi connectivity index (χ1) is 6.25. The summed E-state index contributed by atoms with van der Waals surface area (Å²) in [6.45, 7) is 2.34. The molecule has 14 heavy (non-hydrogen) atoms. The highest BCUT2D eigenvalue weighted by Crippen LogP contribution is 2.15. The maximum Gasteiger partial charge on any atom is 0.127 e. The van der Waals surface area contributed by atoms with Gasteiger partial charge in [0.25, 0.3) is 0 Å². The van der Waals surface area contributed by atoms with Crippen molar-refractivity contribution in [3.63, 3.8) is 0 Å². The average molecular weight is 214 g/mol. The van der Waals surface area contributed by atoms with Gasteiger partial charge >= 0.3 is 0 Å². The van der Waals surface area contributed by atoms with Crippen molar-refractivity contribution in [3.8, 4) is 12.3 Å². The Morgan fingerprint density at radius 2 is 2.14 bits per heavy atom. The summed E-state index contributed by atoms with van der Waals surface area (Å²) in [6, 6.07) is 6.64. The van der Waals surface area contributed by atoms with E-state index < -0.39 is 0 Å². The van der Waals surface area contributed by atoms with Crippen LogP contribution in [0.4, 0.5) is 4.39 Å². The van der Waals surface area contributed by atoms with Crippen LogP contribution in [0.25, 0.3) is 0 Å². The average Bonchev–Trinajstić information content (AvgIpc) is 2.15. The van der Waals surface area contributed by atoms with E-state index in [2.05, 4.69) is 11.2 Å². The van der Waals surface area contributed by atoms with E-state index >= 15 is 0 Å². The first-order valence-electron chi connectivity index (χ1n) is 4.17. The smallest absolute Gasteiger partial charge is 0.127 e. The molecule has 0 radical (unpaired) electrons. The van der Waals surface area contributed by atoms with Gasteiger partial charge in [-0.05, 0) is 13.0 Å². The van der Waals surface area contributed by atoms with Crippen molar-refractivity contribution in [2.45, 2.75) is 13.0 Å². The van der Waals surface area contributed by atoms with Crippen molar-refractivity contribution < 1.29 is 4.39 Å². The fourth-order valence-corrected chi connectivity index (χ4v) is 1.15. The molecule has 0 heterocycles. The van der Waals surface area contributed by atoms with Crippen LogP contribution in [-0.4, -0.2) is 6.54 Å². The van der Waals surface area contributed by atoms with Crippen LogP contribution in [0, 0.1) is 18.2 Å². The summed E-state index contributed by atoms with van der Waals surface area (Å²) in [5.41, 5.74) is 0.651. The summed E-state index contributed by atoms with van der Waals surface area (Å²) in [5, 5.41) is 3.01. The molecule has 0 amide bonds. The zero-order chi connectivity index (χ0) is 9.68. The third kappa shape index (κ3) is 3.37. The number of terminal acetylenes is 1. The molecule has 1 atom stereocenters. The first kappa shape index (κ1) is 13.0. The Hall–Kier alpha value is -1.04. The molecule has 0 spiro atoms. The summed E-state index contributed by atoms with van der Waals surface area (Å²) in [6.07, 6.45) is 5.09. The Labute approximate surface area is 90.1 Å². The van der Waals surface area contributed by atoms with Crippen LogP contribution in [0.3, 0.4) is 0 Å². The van der Waals surface area contributed by atoms with E-state index in [1.165, 1.54) is 6.07 Å². The zero-order valence-corrected chi connectivity index (χ0v) is 8.77. The molecule has 1 rings (SSSR count). The lowest BCUT2D eigenvalue weighted by Gasteiger charge is -2.12. The van der Waals surface area contributed by atoms with E-state index in [4.69, 9.17) is 6.42 Å². The maximum atomic E-state index is 13.2. The van der Waals surface area contributed by atoms with E-state index in [0.717, 1.165) is 0 Å². The van der Waals surface area contributed by atoms with Gasteiger partial charge < -0.3 is 0 Å². The van der Waals surface area contributed by atoms with Crippen LogP contribution in [-0.2, 0) is 0 Å².